The third-order valence-corrected chi connectivity index (χ3v) is 6.70. The normalized spacial score (nSPS) is 10.9. The standard InChI is InChI=1S/C23H18Br2N2O2S/c1-2-14-7-9-16(10-8-14)29-13-21(28)27-22-17(11-15(24)12-18(22)25)23-26-19-5-3-4-6-20(19)30-23/h3-12H,2,13H2,1H3,(H,27,28). The number of para-hydroxylation sites is 1. The van der Waals surface area contributed by atoms with E-state index in [0.29, 0.717) is 11.4 Å². The van der Waals surface area contributed by atoms with Gasteiger partial charge >= 0.3 is 0 Å². The van der Waals surface area contributed by atoms with Gasteiger partial charge in [0, 0.05) is 14.5 Å². The predicted octanol–water partition coefficient (Wildman–Crippen LogP) is 7.07. The molecule has 4 rings (SSSR count). The van der Waals surface area contributed by atoms with Crippen molar-refractivity contribution >= 4 is 65.0 Å². The summed E-state index contributed by atoms with van der Waals surface area (Å²) in [5.41, 5.74) is 3.68. The first-order chi connectivity index (χ1) is 14.5. The molecule has 3 aromatic carbocycles. The van der Waals surface area contributed by atoms with Gasteiger partial charge in [-0.2, -0.15) is 0 Å². The fourth-order valence-corrected chi connectivity index (χ4v) is 5.31. The van der Waals surface area contributed by atoms with Crippen molar-refractivity contribution in [3.8, 4) is 16.3 Å². The van der Waals surface area contributed by atoms with Crippen molar-refractivity contribution in [1.29, 1.82) is 0 Å². The predicted molar refractivity (Wildman–Crippen MR) is 130 cm³/mol. The molecular weight excluding hydrogens is 528 g/mol. The molecule has 7 heteroatoms. The number of nitrogens with one attached hydrogen (secondary N) is 1. The number of ether oxygens (including phenoxy) is 1. The molecule has 0 radical (unpaired) electrons. The number of anilines is 1. The highest BCUT2D eigenvalue weighted by Gasteiger charge is 2.17. The largest absolute Gasteiger partial charge is 0.484 e. The number of hydrogen-bond acceptors (Lipinski definition) is 4. The molecule has 1 aromatic heterocycles. The van der Waals surface area contributed by atoms with Gasteiger partial charge in [-0.25, -0.2) is 4.98 Å². The van der Waals surface area contributed by atoms with Crippen molar-refractivity contribution in [3.63, 3.8) is 0 Å². The number of rotatable bonds is 6. The van der Waals surface area contributed by atoms with Gasteiger partial charge in [0.15, 0.2) is 6.61 Å². The van der Waals surface area contributed by atoms with E-state index in [-0.39, 0.29) is 12.5 Å². The fourth-order valence-electron chi connectivity index (χ4n) is 3.00. The van der Waals surface area contributed by atoms with Crippen LogP contribution in [0.5, 0.6) is 5.75 Å². The van der Waals surface area contributed by atoms with Gasteiger partial charge in [-0.3, -0.25) is 4.79 Å². The maximum Gasteiger partial charge on any atom is 0.262 e. The summed E-state index contributed by atoms with van der Waals surface area (Å²) in [5, 5.41) is 3.81. The number of amides is 1. The van der Waals surface area contributed by atoms with Gasteiger partial charge in [-0.15, -0.1) is 11.3 Å². The summed E-state index contributed by atoms with van der Waals surface area (Å²) in [6.07, 6.45) is 0.965. The lowest BCUT2D eigenvalue weighted by Crippen LogP contribution is -2.20. The maximum atomic E-state index is 12.6. The molecule has 4 aromatic rings. The number of halogens is 2. The summed E-state index contributed by atoms with van der Waals surface area (Å²) in [6, 6.07) is 19.6. The van der Waals surface area contributed by atoms with Gasteiger partial charge < -0.3 is 10.1 Å². The Morgan fingerprint density at radius 3 is 2.60 bits per heavy atom. The minimum Gasteiger partial charge on any atom is -0.484 e. The molecule has 0 aliphatic heterocycles. The molecule has 0 spiro atoms. The van der Waals surface area contributed by atoms with Crippen molar-refractivity contribution < 1.29 is 9.53 Å². The summed E-state index contributed by atoms with van der Waals surface area (Å²) in [4.78, 5) is 17.4. The zero-order chi connectivity index (χ0) is 21.1. The van der Waals surface area contributed by atoms with Crippen molar-refractivity contribution in [2.45, 2.75) is 13.3 Å². The first-order valence-corrected chi connectivity index (χ1v) is 11.8. The van der Waals surface area contributed by atoms with Gasteiger partial charge in [-0.1, -0.05) is 47.1 Å². The molecule has 0 aliphatic carbocycles. The highest BCUT2D eigenvalue weighted by molar-refractivity contribution is 9.11. The van der Waals surface area contributed by atoms with Crippen molar-refractivity contribution in [1.82, 2.24) is 4.98 Å². The minimum atomic E-state index is -0.236. The third-order valence-electron chi connectivity index (χ3n) is 4.55. The average Bonchev–Trinajstić information content (AvgIpc) is 3.18. The number of carbonyl (C=O) groups excluding carboxylic acids is 1. The lowest BCUT2D eigenvalue weighted by atomic mass is 10.2. The SMILES string of the molecule is CCc1ccc(OCC(=O)Nc2c(Br)cc(Br)cc2-c2nc3ccccc3s2)cc1. The lowest BCUT2D eigenvalue weighted by molar-refractivity contribution is -0.118. The summed E-state index contributed by atoms with van der Waals surface area (Å²) in [7, 11) is 0. The van der Waals surface area contributed by atoms with Crippen LogP contribution in [-0.4, -0.2) is 17.5 Å². The molecule has 1 N–H and O–H groups in total. The molecule has 152 valence electrons. The molecule has 4 nitrogen and oxygen atoms in total. The van der Waals surface area contributed by atoms with Gasteiger partial charge in [0.05, 0.1) is 15.9 Å². The summed E-state index contributed by atoms with van der Waals surface area (Å²) < 4.78 is 8.41. The van der Waals surface area contributed by atoms with Crippen LogP contribution in [0.25, 0.3) is 20.8 Å². The fraction of sp³-hybridized carbons (Fsp3) is 0.130. The van der Waals surface area contributed by atoms with Crippen molar-refractivity contribution in [3.05, 3.63) is 75.2 Å². The number of carbonyl (C=O) groups is 1. The van der Waals surface area contributed by atoms with Crippen molar-refractivity contribution in [2.75, 3.05) is 11.9 Å². The van der Waals surface area contributed by atoms with Crippen LogP contribution in [0, 0.1) is 0 Å². The number of nitrogens with zero attached hydrogens (tertiary/aromatic N) is 1. The van der Waals surface area contributed by atoms with Crippen LogP contribution in [0.2, 0.25) is 0 Å². The smallest absolute Gasteiger partial charge is 0.262 e. The second-order valence-corrected chi connectivity index (χ2v) is 9.43. The number of thiazole rings is 1. The number of aromatic nitrogens is 1. The maximum absolute atomic E-state index is 12.6. The molecule has 0 saturated carbocycles. The minimum absolute atomic E-state index is 0.0761. The highest BCUT2D eigenvalue weighted by atomic mass is 79.9. The molecule has 0 atom stereocenters. The Morgan fingerprint density at radius 2 is 1.87 bits per heavy atom. The van der Waals surface area contributed by atoms with Crippen LogP contribution in [0.4, 0.5) is 5.69 Å². The van der Waals surface area contributed by atoms with E-state index in [1.807, 2.05) is 60.7 Å². The van der Waals surface area contributed by atoms with Crippen LogP contribution in [0.1, 0.15) is 12.5 Å². The van der Waals surface area contributed by atoms with Crippen LogP contribution in [0.15, 0.2) is 69.6 Å². The van der Waals surface area contributed by atoms with E-state index in [9.17, 15) is 4.79 Å². The zero-order valence-corrected chi connectivity index (χ0v) is 20.1. The Bertz CT molecular complexity index is 1170. The van der Waals surface area contributed by atoms with Gasteiger partial charge in [0.1, 0.15) is 10.8 Å². The molecule has 0 unspecified atom stereocenters. The van der Waals surface area contributed by atoms with E-state index in [2.05, 4.69) is 44.1 Å². The Hall–Kier alpha value is -2.22. The van der Waals surface area contributed by atoms with Crippen LogP contribution in [0.3, 0.4) is 0 Å². The van der Waals surface area contributed by atoms with Crippen LogP contribution in [-0.2, 0) is 11.2 Å². The second kappa shape index (κ2) is 9.29. The molecule has 0 fully saturated rings. The molecule has 0 aliphatic rings. The average molecular weight is 546 g/mol. The molecule has 0 saturated heterocycles. The van der Waals surface area contributed by atoms with Crippen LogP contribution >= 0.6 is 43.2 Å². The number of aryl methyl sites for hydroxylation is 1. The number of benzene rings is 3. The number of hydrogen-bond donors (Lipinski definition) is 1. The Balaban J connectivity index is 1.56. The lowest BCUT2D eigenvalue weighted by Gasteiger charge is -2.13. The van der Waals surface area contributed by atoms with Gasteiger partial charge in [0.25, 0.3) is 5.91 Å². The van der Waals surface area contributed by atoms with E-state index in [1.54, 1.807) is 11.3 Å². The zero-order valence-electron chi connectivity index (χ0n) is 16.1. The van der Waals surface area contributed by atoms with E-state index >= 15 is 0 Å². The first-order valence-electron chi connectivity index (χ1n) is 9.40. The van der Waals surface area contributed by atoms with E-state index in [4.69, 9.17) is 9.72 Å². The molecular formula is C23H18Br2N2O2S. The summed E-state index contributed by atoms with van der Waals surface area (Å²) in [6.45, 7) is 2.02. The number of fused-ring (bicyclic) bond motifs is 1. The highest BCUT2D eigenvalue weighted by Crippen LogP contribution is 2.40. The van der Waals surface area contributed by atoms with E-state index in [0.717, 1.165) is 36.2 Å². The molecule has 1 heterocycles. The topological polar surface area (TPSA) is 51.2 Å². The summed E-state index contributed by atoms with van der Waals surface area (Å²) in [5.74, 6) is 0.434. The first kappa shape index (κ1) is 21.0. The Labute approximate surface area is 195 Å². The molecule has 1 amide bonds. The summed E-state index contributed by atoms with van der Waals surface area (Å²) >= 11 is 8.70. The van der Waals surface area contributed by atoms with Gasteiger partial charge in [-0.05, 0) is 64.3 Å². The molecule has 0 bridgehead atoms. The Kier molecular flexibility index (Phi) is 6.51. The van der Waals surface area contributed by atoms with E-state index < -0.39 is 0 Å². The second-order valence-electron chi connectivity index (χ2n) is 6.63. The monoisotopic (exact) mass is 544 g/mol. The van der Waals surface area contributed by atoms with Crippen LogP contribution < -0.4 is 10.1 Å². The quantitative estimate of drug-likeness (QED) is 0.282. The van der Waals surface area contributed by atoms with Crippen molar-refractivity contribution in [2.24, 2.45) is 0 Å². The van der Waals surface area contributed by atoms with Gasteiger partial charge in [0.2, 0.25) is 0 Å². The van der Waals surface area contributed by atoms with E-state index in [1.165, 1.54) is 5.56 Å². The third kappa shape index (κ3) is 4.74. The Morgan fingerprint density at radius 1 is 1.10 bits per heavy atom. The molecule has 30 heavy (non-hydrogen) atoms.